The molecule has 0 saturated heterocycles. The molecule has 0 aliphatic rings. The van der Waals surface area contributed by atoms with Gasteiger partial charge >= 0.3 is 0 Å². The van der Waals surface area contributed by atoms with E-state index in [4.69, 9.17) is 11.6 Å². The van der Waals surface area contributed by atoms with Crippen molar-refractivity contribution in [2.24, 2.45) is 0 Å². The molecule has 148 valence electrons. The highest BCUT2D eigenvalue weighted by Gasteiger charge is 2.10. The summed E-state index contributed by atoms with van der Waals surface area (Å²) in [6.07, 6.45) is 1.12. The first kappa shape index (κ1) is 20.4. The quantitative estimate of drug-likeness (QED) is 0.502. The summed E-state index contributed by atoms with van der Waals surface area (Å²) in [5.41, 5.74) is 2.70. The van der Waals surface area contributed by atoms with Crippen molar-refractivity contribution in [2.75, 3.05) is 5.32 Å². The monoisotopic (exact) mass is 408 g/mol. The molecule has 0 bridgehead atoms. The van der Waals surface area contributed by atoms with Crippen molar-refractivity contribution in [1.29, 1.82) is 0 Å². The van der Waals surface area contributed by atoms with Gasteiger partial charge in [0.1, 0.15) is 5.75 Å². The summed E-state index contributed by atoms with van der Waals surface area (Å²) in [6.45, 7) is 0.393. The summed E-state index contributed by atoms with van der Waals surface area (Å²) in [6, 6.07) is 21.2. The molecule has 3 aromatic rings. The van der Waals surface area contributed by atoms with Crippen molar-refractivity contribution in [3.8, 4) is 5.75 Å². The maximum atomic E-state index is 12.3. The first-order valence-electron chi connectivity index (χ1n) is 9.21. The SMILES string of the molecule is O=C(CCc1ccccc1)NCc1ccc(C(=O)Nc2cc(Cl)ccc2O)cc1. The number of hydrogen-bond donors (Lipinski definition) is 3. The number of phenolic OH excluding ortho intramolecular Hbond substituents is 1. The molecule has 0 aliphatic heterocycles. The van der Waals surface area contributed by atoms with E-state index in [1.165, 1.54) is 18.2 Å². The molecule has 3 rings (SSSR count). The van der Waals surface area contributed by atoms with Crippen molar-refractivity contribution < 1.29 is 14.7 Å². The van der Waals surface area contributed by atoms with Gasteiger partial charge in [0.05, 0.1) is 5.69 Å². The molecule has 0 atom stereocenters. The average Bonchev–Trinajstić information content (AvgIpc) is 2.74. The number of nitrogens with one attached hydrogen (secondary N) is 2. The smallest absolute Gasteiger partial charge is 0.255 e. The molecule has 0 spiro atoms. The van der Waals surface area contributed by atoms with Gasteiger partial charge in [-0.15, -0.1) is 0 Å². The van der Waals surface area contributed by atoms with Crippen LogP contribution in [0.25, 0.3) is 0 Å². The number of carbonyl (C=O) groups is 2. The van der Waals surface area contributed by atoms with Crippen LogP contribution in [0, 0.1) is 0 Å². The molecule has 0 aromatic heterocycles. The molecule has 2 amide bonds. The Morgan fingerprint density at radius 2 is 1.62 bits per heavy atom. The molecule has 3 N–H and O–H groups in total. The van der Waals surface area contributed by atoms with E-state index in [0.29, 0.717) is 30.0 Å². The lowest BCUT2D eigenvalue weighted by Gasteiger charge is -2.09. The van der Waals surface area contributed by atoms with Gasteiger partial charge in [-0.3, -0.25) is 9.59 Å². The van der Waals surface area contributed by atoms with Gasteiger partial charge < -0.3 is 15.7 Å². The topological polar surface area (TPSA) is 78.4 Å². The van der Waals surface area contributed by atoms with Gasteiger partial charge in [0, 0.05) is 23.6 Å². The number of benzene rings is 3. The fourth-order valence-corrected chi connectivity index (χ4v) is 2.94. The number of halogens is 1. The van der Waals surface area contributed by atoms with Gasteiger partial charge in [-0.25, -0.2) is 0 Å². The zero-order valence-electron chi connectivity index (χ0n) is 15.7. The van der Waals surface area contributed by atoms with Gasteiger partial charge in [0.15, 0.2) is 0 Å². The Morgan fingerprint density at radius 1 is 0.897 bits per heavy atom. The number of rotatable bonds is 7. The van der Waals surface area contributed by atoms with Gasteiger partial charge in [0.25, 0.3) is 5.91 Å². The number of amides is 2. The van der Waals surface area contributed by atoms with E-state index in [9.17, 15) is 14.7 Å². The third-order valence-electron chi connectivity index (χ3n) is 4.40. The van der Waals surface area contributed by atoms with Crippen LogP contribution in [0.5, 0.6) is 5.75 Å². The number of carbonyl (C=O) groups excluding carboxylic acids is 2. The third-order valence-corrected chi connectivity index (χ3v) is 4.63. The van der Waals surface area contributed by atoms with Crippen LogP contribution < -0.4 is 10.6 Å². The highest BCUT2D eigenvalue weighted by molar-refractivity contribution is 6.31. The van der Waals surface area contributed by atoms with E-state index in [2.05, 4.69) is 10.6 Å². The van der Waals surface area contributed by atoms with E-state index >= 15 is 0 Å². The van der Waals surface area contributed by atoms with Crippen molar-refractivity contribution >= 4 is 29.1 Å². The molecule has 0 heterocycles. The highest BCUT2D eigenvalue weighted by Crippen LogP contribution is 2.27. The molecule has 0 aliphatic carbocycles. The maximum Gasteiger partial charge on any atom is 0.255 e. The number of anilines is 1. The Balaban J connectivity index is 1.50. The molecular weight excluding hydrogens is 388 g/mol. The maximum absolute atomic E-state index is 12.3. The Kier molecular flexibility index (Phi) is 6.87. The van der Waals surface area contributed by atoms with Crippen molar-refractivity contribution in [3.63, 3.8) is 0 Å². The Hall–Kier alpha value is -3.31. The van der Waals surface area contributed by atoms with Crippen LogP contribution in [-0.4, -0.2) is 16.9 Å². The van der Waals surface area contributed by atoms with E-state index < -0.39 is 0 Å². The normalized spacial score (nSPS) is 10.4. The van der Waals surface area contributed by atoms with Gasteiger partial charge in [-0.1, -0.05) is 54.1 Å². The van der Waals surface area contributed by atoms with Crippen molar-refractivity contribution in [1.82, 2.24) is 5.32 Å². The predicted octanol–water partition coefficient (Wildman–Crippen LogP) is 4.55. The second-order valence-electron chi connectivity index (χ2n) is 6.57. The fraction of sp³-hybridized carbons (Fsp3) is 0.130. The molecule has 29 heavy (non-hydrogen) atoms. The van der Waals surface area contributed by atoms with Crippen LogP contribution in [0.2, 0.25) is 5.02 Å². The number of phenols is 1. The Morgan fingerprint density at radius 3 is 2.34 bits per heavy atom. The minimum absolute atomic E-state index is 0.0212. The number of aromatic hydroxyl groups is 1. The second kappa shape index (κ2) is 9.75. The molecule has 5 nitrogen and oxygen atoms in total. The summed E-state index contributed by atoms with van der Waals surface area (Å²) in [5.74, 6) is -0.439. The molecule has 0 unspecified atom stereocenters. The van der Waals surface area contributed by atoms with E-state index in [1.54, 1.807) is 24.3 Å². The van der Waals surface area contributed by atoms with Crippen molar-refractivity contribution in [2.45, 2.75) is 19.4 Å². The van der Waals surface area contributed by atoms with Crippen LogP contribution in [0.1, 0.15) is 27.9 Å². The van der Waals surface area contributed by atoms with Crippen molar-refractivity contribution in [3.05, 3.63) is 94.5 Å². The van der Waals surface area contributed by atoms with Crippen LogP contribution in [0.4, 0.5) is 5.69 Å². The molecule has 3 aromatic carbocycles. The zero-order chi connectivity index (χ0) is 20.6. The predicted molar refractivity (Wildman–Crippen MR) is 114 cm³/mol. The number of aryl methyl sites for hydroxylation is 1. The summed E-state index contributed by atoms with van der Waals surface area (Å²) in [4.78, 5) is 24.4. The summed E-state index contributed by atoms with van der Waals surface area (Å²) < 4.78 is 0. The fourth-order valence-electron chi connectivity index (χ4n) is 2.77. The molecule has 0 radical (unpaired) electrons. The van der Waals surface area contributed by atoms with Crippen LogP contribution in [0.3, 0.4) is 0 Å². The van der Waals surface area contributed by atoms with E-state index in [0.717, 1.165) is 11.1 Å². The molecule has 0 saturated carbocycles. The summed E-state index contributed by atoms with van der Waals surface area (Å²) >= 11 is 5.89. The first-order chi connectivity index (χ1) is 14.0. The number of hydrogen-bond acceptors (Lipinski definition) is 3. The molecular formula is C23H21ClN2O3. The van der Waals surface area contributed by atoms with E-state index in [-0.39, 0.29) is 23.3 Å². The largest absolute Gasteiger partial charge is 0.506 e. The van der Waals surface area contributed by atoms with E-state index in [1.807, 2.05) is 30.3 Å². The minimum atomic E-state index is -0.360. The average molecular weight is 409 g/mol. The first-order valence-corrected chi connectivity index (χ1v) is 9.58. The van der Waals surface area contributed by atoms with Gasteiger partial charge in [-0.05, 0) is 47.9 Å². The Bertz CT molecular complexity index is 989. The lowest BCUT2D eigenvalue weighted by Crippen LogP contribution is -2.23. The van der Waals surface area contributed by atoms with Crippen LogP contribution in [-0.2, 0) is 17.8 Å². The summed E-state index contributed by atoms with van der Waals surface area (Å²) in [7, 11) is 0. The lowest BCUT2D eigenvalue weighted by atomic mass is 10.1. The Labute approximate surface area is 174 Å². The highest BCUT2D eigenvalue weighted by atomic mass is 35.5. The third kappa shape index (κ3) is 6.09. The zero-order valence-corrected chi connectivity index (χ0v) is 16.4. The van der Waals surface area contributed by atoms with Gasteiger partial charge in [-0.2, -0.15) is 0 Å². The lowest BCUT2D eigenvalue weighted by molar-refractivity contribution is -0.121. The van der Waals surface area contributed by atoms with Crippen LogP contribution in [0.15, 0.2) is 72.8 Å². The molecule has 0 fully saturated rings. The molecule has 6 heteroatoms. The van der Waals surface area contributed by atoms with Crippen LogP contribution >= 0.6 is 11.6 Å². The standard InChI is InChI=1S/C23H21ClN2O3/c24-19-11-12-21(27)20(14-19)26-23(29)18-9-6-17(7-10-18)15-25-22(28)13-8-16-4-2-1-3-5-16/h1-7,9-12,14,27H,8,13,15H2,(H,25,28)(H,26,29). The summed E-state index contributed by atoms with van der Waals surface area (Å²) in [5, 5.41) is 15.7. The second-order valence-corrected chi connectivity index (χ2v) is 7.01. The van der Waals surface area contributed by atoms with Gasteiger partial charge in [0.2, 0.25) is 5.91 Å². The minimum Gasteiger partial charge on any atom is -0.506 e.